The maximum atomic E-state index is 4.62. The van der Waals surface area contributed by atoms with Crippen molar-refractivity contribution in [3.63, 3.8) is 0 Å². The van der Waals surface area contributed by atoms with Crippen molar-refractivity contribution < 1.29 is 0 Å². The summed E-state index contributed by atoms with van der Waals surface area (Å²) >= 11 is 0. The number of rotatable bonds is 5. The van der Waals surface area contributed by atoms with Crippen LogP contribution in [0.1, 0.15) is 30.1 Å². The van der Waals surface area contributed by atoms with Crippen LogP contribution in [-0.4, -0.2) is 47.5 Å². The standard InChI is InChI=1S/C18H22N8/c1-25-11-15(23-13-25)12-26-8-2-3-14(10-26)17-18(22-7-6-21-17)24-16-9-19-4-5-20-16/h4-7,9,11,13-14H,2-3,8,10,12H2,1H3,(H,20,22,24)/t14-/m0/s1. The molecule has 4 heterocycles. The lowest BCUT2D eigenvalue weighted by Gasteiger charge is -2.32. The molecule has 0 amide bonds. The van der Waals surface area contributed by atoms with Gasteiger partial charge in [0.15, 0.2) is 5.82 Å². The van der Waals surface area contributed by atoms with E-state index in [4.69, 9.17) is 0 Å². The average molecular weight is 350 g/mol. The fourth-order valence-electron chi connectivity index (χ4n) is 3.43. The van der Waals surface area contributed by atoms with Gasteiger partial charge >= 0.3 is 0 Å². The monoisotopic (exact) mass is 350 g/mol. The van der Waals surface area contributed by atoms with Crippen molar-refractivity contribution in [2.24, 2.45) is 7.05 Å². The summed E-state index contributed by atoms with van der Waals surface area (Å²) in [5.74, 6) is 1.77. The molecule has 1 atom stereocenters. The second kappa shape index (κ2) is 7.57. The van der Waals surface area contributed by atoms with Crippen LogP contribution in [0, 0.1) is 0 Å². The smallest absolute Gasteiger partial charge is 0.153 e. The minimum atomic E-state index is 0.334. The largest absolute Gasteiger partial charge is 0.340 e. The summed E-state index contributed by atoms with van der Waals surface area (Å²) < 4.78 is 1.99. The molecule has 0 spiro atoms. The Morgan fingerprint density at radius 1 is 1.12 bits per heavy atom. The number of aryl methyl sites for hydroxylation is 1. The molecular formula is C18H22N8. The van der Waals surface area contributed by atoms with Crippen molar-refractivity contribution in [2.75, 3.05) is 18.4 Å². The van der Waals surface area contributed by atoms with Crippen LogP contribution in [-0.2, 0) is 13.6 Å². The van der Waals surface area contributed by atoms with E-state index in [9.17, 15) is 0 Å². The number of nitrogens with zero attached hydrogens (tertiary/aromatic N) is 7. The first kappa shape index (κ1) is 16.6. The second-order valence-corrected chi connectivity index (χ2v) is 6.61. The third-order valence-electron chi connectivity index (χ3n) is 4.57. The topological polar surface area (TPSA) is 84.7 Å². The molecule has 134 valence electrons. The van der Waals surface area contributed by atoms with Crippen molar-refractivity contribution in [3.8, 4) is 0 Å². The highest BCUT2D eigenvalue weighted by Crippen LogP contribution is 2.30. The first-order valence-electron chi connectivity index (χ1n) is 8.81. The quantitative estimate of drug-likeness (QED) is 0.754. The molecule has 1 saturated heterocycles. The zero-order chi connectivity index (χ0) is 17.8. The van der Waals surface area contributed by atoms with Gasteiger partial charge in [0.2, 0.25) is 0 Å². The third-order valence-corrected chi connectivity index (χ3v) is 4.57. The van der Waals surface area contributed by atoms with Gasteiger partial charge in [-0.3, -0.25) is 14.9 Å². The second-order valence-electron chi connectivity index (χ2n) is 6.61. The van der Waals surface area contributed by atoms with Gasteiger partial charge < -0.3 is 9.88 Å². The summed E-state index contributed by atoms with van der Waals surface area (Å²) in [5, 5.41) is 3.26. The lowest BCUT2D eigenvalue weighted by atomic mass is 9.94. The van der Waals surface area contributed by atoms with Crippen LogP contribution in [0.4, 0.5) is 11.6 Å². The Bertz CT molecular complexity index is 847. The highest BCUT2D eigenvalue weighted by atomic mass is 15.2. The molecule has 0 aliphatic carbocycles. The van der Waals surface area contributed by atoms with Gasteiger partial charge in [0.05, 0.1) is 23.9 Å². The molecule has 0 radical (unpaired) electrons. The average Bonchev–Trinajstić information content (AvgIpc) is 3.08. The van der Waals surface area contributed by atoms with Crippen LogP contribution >= 0.6 is 0 Å². The summed E-state index contributed by atoms with van der Waals surface area (Å²) in [6.45, 7) is 2.90. The summed E-state index contributed by atoms with van der Waals surface area (Å²) in [5.41, 5.74) is 2.09. The van der Waals surface area contributed by atoms with Crippen LogP contribution in [0.2, 0.25) is 0 Å². The summed E-state index contributed by atoms with van der Waals surface area (Å²) in [6, 6.07) is 0. The van der Waals surface area contributed by atoms with E-state index < -0.39 is 0 Å². The molecule has 8 nitrogen and oxygen atoms in total. The molecular weight excluding hydrogens is 328 g/mol. The Labute approximate surface area is 152 Å². The van der Waals surface area contributed by atoms with Crippen molar-refractivity contribution in [1.29, 1.82) is 0 Å². The normalized spacial score (nSPS) is 18.0. The Kier molecular flexibility index (Phi) is 4.83. The van der Waals surface area contributed by atoms with E-state index in [-0.39, 0.29) is 0 Å². The van der Waals surface area contributed by atoms with Gasteiger partial charge in [0.25, 0.3) is 0 Å². The Morgan fingerprint density at radius 3 is 2.81 bits per heavy atom. The minimum absolute atomic E-state index is 0.334. The molecule has 8 heteroatoms. The lowest BCUT2D eigenvalue weighted by molar-refractivity contribution is 0.197. The van der Waals surface area contributed by atoms with Gasteiger partial charge in [0.1, 0.15) is 5.82 Å². The predicted octanol–water partition coefficient (Wildman–Crippen LogP) is 2.12. The molecule has 1 fully saturated rings. The number of nitrogens with one attached hydrogen (secondary N) is 1. The summed E-state index contributed by atoms with van der Waals surface area (Å²) in [4.78, 5) is 24.4. The number of aromatic nitrogens is 6. The first-order chi connectivity index (χ1) is 12.8. The van der Waals surface area contributed by atoms with Crippen LogP contribution in [0.3, 0.4) is 0 Å². The number of anilines is 2. The Hall–Kier alpha value is -2.87. The molecule has 4 rings (SSSR count). The zero-order valence-electron chi connectivity index (χ0n) is 14.8. The number of hydrogen-bond acceptors (Lipinski definition) is 7. The minimum Gasteiger partial charge on any atom is -0.340 e. The van der Waals surface area contributed by atoms with E-state index in [2.05, 4.69) is 41.3 Å². The zero-order valence-corrected chi connectivity index (χ0v) is 14.8. The van der Waals surface area contributed by atoms with Gasteiger partial charge in [0, 0.05) is 57.0 Å². The van der Waals surface area contributed by atoms with Crippen LogP contribution < -0.4 is 5.32 Å². The molecule has 1 aliphatic heterocycles. The number of piperidine rings is 1. The van der Waals surface area contributed by atoms with E-state index in [1.54, 1.807) is 31.0 Å². The van der Waals surface area contributed by atoms with E-state index in [1.165, 1.54) is 0 Å². The third kappa shape index (κ3) is 3.85. The van der Waals surface area contributed by atoms with Crippen molar-refractivity contribution in [1.82, 2.24) is 34.4 Å². The SMILES string of the molecule is Cn1cnc(CN2CCC[C@H](c3nccnc3Nc3cnccn3)C2)c1. The van der Waals surface area contributed by atoms with Crippen molar-refractivity contribution in [3.05, 3.63) is 54.9 Å². The number of likely N-dealkylation sites (tertiary alicyclic amines) is 1. The Morgan fingerprint density at radius 2 is 2.00 bits per heavy atom. The molecule has 0 unspecified atom stereocenters. The van der Waals surface area contributed by atoms with Gasteiger partial charge in [-0.15, -0.1) is 0 Å². The lowest BCUT2D eigenvalue weighted by Crippen LogP contribution is -2.34. The maximum Gasteiger partial charge on any atom is 0.153 e. The molecule has 1 aliphatic rings. The summed E-state index contributed by atoms with van der Waals surface area (Å²) in [6.07, 6.45) is 14.6. The van der Waals surface area contributed by atoms with E-state index >= 15 is 0 Å². The highest BCUT2D eigenvalue weighted by Gasteiger charge is 2.25. The predicted molar refractivity (Wildman–Crippen MR) is 97.8 cm³/mol. The molecule has 0 saturated carbocycles. The van der Waals surface area contributed by atoms with Crippen molar-refractivity contribution in [2.45, 2.75) is 25.3 Å². The van der Waals surface area contributed by atoms with E-state index in [0.29, 0.717) is 11.7 Å². The first-order valence-corrected chi connectivity index (χ1v) is 8.81. The molecule has 3 aromatic heterocycles. The Balaban J connectivity index is 1.49. The molecule has 1 N–H and O–H groups in total. The van der Waals surface area contributed by atoms with Gasteiger partial charge in [-0.05, 0) is 19.4 Å². The molecule has 0 aromatic carbocycles. The van der Waals surface area contributed by atoms with Crippen LogP contribution in [0.5, 0.6) is 0 Å². The molecule has 3 aromatic rings. The highest BCUT2D eigenvalue weighted by molar-refractivity contribution is 5.53. The molecule has 0 bridgehead atoms. The van der Waals surface area contributed by atoms with Crippen LogP contribution in [0.25, 0.3) is 0 Å². The number of hydrogen-bond donors (Lipinski definition) is 1. The van der Waals surface area contributed by atoms with Crippen molar-refractivity contribution >= 4 is 11.6 Å². The van der Waals surface area contributed by atoms with Gasteiger partial charge in [-0.25, -0.2) is 15.0 Å². The fourth-order valence-corrected chi connectivity index (χ4v) is 3.43. The van der Waals surface area contributed by atoms with E-state index in [1.807, 2.05) is 17.9 Å². The van der Waals surface area contributed by atoms with Gasteiger partial charge in [-0.1, -0.05) is 0 Å². The maximum absolute atomic E-state index is 4.62. The van der Waals surface area contributed by atoms with Crippen LogP contribution in [0.15, 0.2) is 43.5 Å². The number of imidazole rings is 1. The van der Waals surface area contributed by atoms with Gasteiger partial charge in [-0.2, -0.15) is 0 Å². The summed E-state index contributed by atoms with van der Waals surface area (Å²) in [7, 11) is 2.00. The molecule has 26 heavy (non-hydrogen) atoms. The fraction of sp³-hybridized carbons (Fsp3) is 0.389. The van der Waals surface area contributed by atoms with E-state index in [0.717, 1.165) is 49.7 Å².